The molecule has 5 nitrogen and oxygen atoms in total. The minimum atomic E-state index is -0.564. The van der Waals surface area contributed by atoms with E-state index < -0.39 is 11.8 Å². The molecule has 0 aliphatic heterocycles. The molecule has 114 valence electrons. The van der Waals surface area contributed by atoms with Crippen molar-refractivity contribution in [3.63, 3.8) is 0 Å². The average Bonchev–Trinajstić information content (AvgIpc) is 2.43. The van der Waals surface area contributed by atoms with Crippen LogP contribution in [-0.4, -0.2) is 17.9 Å². The van der Waals surface area contributed by atoms with Crippen molar-refractivity contribution in [1.82, 2.24) is 0 Å². The number of rotatable bonds is 4. The van der Waals surface area contributed by atoms with Gasteiger partial charge in [0, 0.05) is 22.9 Å². The number of amides is 2. The molecule has 0 spiro atoms. The molecule has 1 aromatic rings. The van der Waals surface area contributed by atoms with Gasteiger partial charge in [-0.2, -0.15) is 0 Å². The molecule has 2 rings (SSSR count). The number of benzene rings is 1. The number of nitrogens with one attached hydrogen (secondary N) is 1. The van der Waals surface area contributed by atoms with Gasteiger partial charge in [-0.05, 0) is 36.5 Å². The summed E-state index contributed by atoms with van der Waals surface area (Å²) < 4.78 is 0. The molecule has 0 bridgehead atoms. The first kappa shape index (κ1) is 15.4. The molecule has 1 aliphatic rings. The van der Waals surface area contributed by atoms with Crippen molar-refractivity contribution in [2.45, 2.75) is 39.2 Å². The quantitative estimate of drug-likeness (QED) is 0.791. The molecule has 1 aliphatic carbocycles. The highest BCUT2D eigenvalue weighted by molar-refractivity contribution is 5.99. The summed E-state index contributed by atoms with van der Waals surface area (Å²) in [6, 6.07) is 5.13. The molecule has 0 aromatic heterocycles. The van der Waals surface area contributed by atoms with E-state index in [1.807, 2.05) is 0 Å². The Morgan fingerprint density at radius 3 is 2.14 bits per heavy atom. The fraction of sp³-hybridized carbons (Fsp3) is 0.500. The summed E-state index contributed by atoms with van der Waals surface area (Å²) in [5, 5.41) is 3.44. The first-order valence-corrected chi connectivity index (χ1v) is 7.39. The summed E-state index contributed by atoms with van der Waals surface area (Å²) in [5.74, 6) is 0.0663. The third-order valence-electron chi connectivity index (χ3n) is 4.56. The Bertz CT molecular complexity index is 524. The smallest absolute Gasteiger partial charge is 0.248 e. The van der Waals surface area contributed by atoms with Gasteiger partial charge in [0.05, 0.1) is 0 Å². The normalized spacial score (nSPS) is 25.3. The van der Waals surface area contributed by atoms with E-state index in [4.69, 9.17) is 11.5 Å². The van der Waals surface area contributed by atoms with Gasteiger partial charge >= 0.3 is 0 Å². The lowest BCUT2D eigenvalue weighted by Crippen LogP contribution is -2.35. The highest BCUT2D eigenvalue weighted by atomic mass is 16.1. The minimum Gasteiger partial charge on any atom is -0.382 e. The number of carbonyl (C=O) groups is 2. The van der Waals surface area contributed by atoms with E-state index in [0.29, 0.717) is 29.0 Å². The third-order valence-corrected chi connectivity index (χ3v) is 4.56. The van der Waals surface area contributed by atoms with Crippen LogP contribution in [0.1, 0.15) is 53.8 Å². The first-order chi connectivity index (χ1) is 9.88. The van der Waals surface area contributed by atoms with Crippen LogP contribution < -0.4 is 16.8 Å². The highest BCUT2D eigenvalue weighted by Crippen LogP contribution is 2.32. The summed E-state index contributed by atoms with van der Waals surface area (Å²) in [7, 11) is 0. The van der Waals surface area contributed by atoms with Crippen molar-refractivity contribution >= 4 is 17.5 Å². The van der Waals surface area contributed by atoms with Gasteiger partial charge in [0.2, 0.25) is 11.8 Å². The summed E-state index contributed by atoms with van der Waals surface area (Å²) in [4.78, 5) is 22.8. The van der Waals surface area contributed by atoms with E-state index in [1.165, 1.54) is 18.9 Å². The molecule has 3 atom stereocenters. The third kappa shape index (κ3) is 3.54. The molecule has 1 fully saturated rings. The Hall–Kier alpha value is -2.04. The predicted molar refractivity (Wildman–Crippen MR) is 83.1 cm³/mol. The van der Waals surface area contributed by atoms with Crippen molar-refractivity contribution in [2.75, 3.05) is 5.32 Å². The van der Waals surface area contributed by atoms with Gasteiger partial charge < -0.3 is 16.8 Å². The maximum atomic E-state index is 11.4. The molecular formula is C16H23N3O2. The van der Waals surface area contributed by atoms with Crippen LogP contribution in [0.25, 0.3) is 0 Å². The Morgan fingerprint density at radius 2 is 1.62 bits per heavy atom. The zero-order chi connectivity index (χ0) is 15.6. The van der Waals surface area contributed by atoms with Crippen molar-refractivity contribution in [3.8, 4) is 0 Å². The van der Waals surface area contributed by atoms with Crippen LogP contribution in [0.3, 0.4) is 0 Å². The Kier molecular flexibility index (Phi) is 4.50. The summed E-state index contributed by atoms with van der Waals surface area (Å²) in [5.41, 5.74) is 12.0. The Balaban J connectivity index is 2.26. The number of hydrogen-bond donors (Lipinski definition) is 3. The lowest BCUT2D eigenvalue weighted by atomic mass is 9.78. The van der Waals surface area contributed by atoms with E-state index in [0.717, 1.165) is 12.1 Å². The number of carbonyl (C=O) groups excluding carboxylic acids is 2. The standard InChI is InChI=1S/C16H23N3O2/c1-9-4-3-5-14(10(9)2)19-13-7-11(15(17)20)6-12(8-13)16(18)21/h6-10,14,19H,3-5H2,1-2H3,(H2,17,20)(H2,18,21). The van der Waals surface area contributed by atoms with Gasteiger partial charge in [0.1, 0.15) is 0 Å². The van der Waals surface area contributed by atoms with E-state index in [2.05, 4.69) is 19.2 Å². The summed E-state index contributed by atoms with van der Waals surface area (Å²) in [6.45, 7) is 4.49. The monoisotopic (exact) mass is 289 g/mol. The van der Waals surface area contributed by atoms with E-state index in [-0.39, 0.29) is 0 Å². The lowest BCUT2D eigenvalue weighted by Gasteiger charge is -2.35. The van der Waals surface area contributed by atoms with Crippen LogP contribution in [0.4, 0.5) is 5.69 Å². The second-order valence-electron chi connectivity index (χ2n) is 6.05. The number of anilines is 1. The maximum Gasteiger partial charge on any atom is 0.248 e. The fourth-order valence-electron chi connectivity index (χ4n) is 3.00. The van der Waals surface area contributed by atoms with Crippen LogP contribution >= 0.6 is 0 Å². The number of primary amides is 2. The Labute approximate surface area is 125 Å². The van der Waals surface area contributed by atoms with Crippen LogP contribution in [0.2, 0.25) is 0 Å². The summed E-state index contributed by atoms with van der Waals surface area (Å²) >= 11 is 0. The number of nitrogens with two attached hydrogens (primary N) is 2. The van der Waals surface area contributed by atoms with Crippen LogP contribution in [0.5, 0.6) is 0 Å². The minimum absolute atomic E-state index is 0.297. The zero-order valence-electron chi connectivity index (χ0n) is 12.6. The molecule has 0 radical (unpaired) electrons. The van der Waals surface area contributed by atoms with Gasteiger partial charge in [-0.1, -0.05) is 26.7 Å². The fourth-order valence-corrected chi connectivity index (χ4v) is 3.00. The van der Waals surface area contributed by atoms with Crippen molar-refractivity contribution in [3.05, 3.63) is 29.3 Å². The average molecular weight is 289 g/mol. The number of hydrogen-bond acceptors (Lipinski definition) is 3. The maximum absolute atomic E-state index is 11.4. The van der Waals surface area contributed by atoms with Crippen LogP contribution in [-0.2, 0) is 0 Å². The molecule has 1 saturated carbocycles. The van der Waals surface area contributed by atoms with Crippen LogP contribution in [0, 0.1) is 11.8 Å². The zero-order valence-corrected chi connectivity index (χ0v) is 12.6. The highest BCUT2D eigenvalue weighted by Gasteiger charge is 2.27. The molecule has 0 heterocycles. The molecule has 1 aromatic carbocycles. The molecule has 5 heteroatoms. The van der Waals surface area contributed by atoms with Crippen molar-refractivity contribution in [1.29, 1.82) is 0 Å². The SMILES string of the molecule is CC1CCCC(Nc2cc(C(N)=O)cc(C(N)=O)c2)C1C. The topological polar surface area (TPSA) is 98.2 Å². The van der Waals surface area contributed by atoms with Crippen LogP contribution in [0.15, 0.2) is 18.2 Å². The predicted octanol–water partition coefficient (Wildman–Crippen LogP) is 2.12. The van der Waals surface area contributed by atoms with E-state index in [9.17, 15) is 9.59 Å². The van der Waals surface area contributed by atoms with Gasteiger partial charge in [-0.15, -0.1) is 0 Å². The molecule has 5 N–H and O–H groups in total. The second-order valence-corrected chi connectivity index (χ2v) is 6.05. The van der Waals surface area contributed by atoms with Crippen molar-refractivity contribution < 1.29 is 9.59 Å². The molecular weight excluding hydrogens is 266 g/mol. The molecule has 2 amide bonds. The summed E-state index contributed by atoms with van der Waals surface area (Å²) in [6.07, 6.45) is 3.51. The first-order valence-electron chi connectivity index (χ1n) is 7.39. The van der Waals surface area contributed by atoms with Gasteiger partial charge in [-0.25, -0.2) is 0 Å². The molecule has 3 unspecified atom stereocenters. The van der Waals surface area contributed by atoms with E-state index >= 15 is 0 Å². The van der Waals surface area contributed by atoms with E-state index in [1.54, 1.807) is 12.1 Å². The Morgan fingerprint density at radius 1 is 1.05 bits per heavy atom. The van der Waals surface area contributed by atoms with Gasteiger partial charge in [0.15, 0.2) is 0 Å². The van der Waals surface area contributed by atoms with Gasteiger partial charge in [0.25, 0.3) is 0 Å². The van der Waals surface area contributed by atoms with Gasteiger partial charge in [-0.3, -0.25) is 9.59 Å². The molecule has 21 heavy (non-hydrogen) atoms. The molecule has 0 saturated heterocycles. The lowest BCUT2D eigenvalue weighted by molar-refractivity contribution is 0.0999. The largest absolute Gasteiger partial charge is 0.382 e. The second kappa shape index (κ2) is 6.16. The van der Waals surface area contributed by atoms with Crippen molar-refractivity contribution in [2.24, 2.45) is 23.3 Å².